The molecule has 2 aromatic carbocycles. The van der Waals surface area contributed by atoms with E-state index in [4.69, 9.17) is 4.98 Å². The first-order valence-corrected chi connectivity index (χ1v) is 12.6. The lowest BCUT2D eigenvalue weighted by atomic mass is 10.1. The van der Waals surface area contributed by atoms with Crippen LogP contribution in [0.4, 0.5) is 5.69 Å². The number of carbonyl (C=O) groups is 1. The minimum absolute atomic E-state index is 0. The lowest BCUT2D eigenvalue weighted by Gasteiger charge is -2.23. The van der Waals surface area contributed by atoms with Gasteiger partial charge in [-0.1, -0.05) is 72.1 Å². The molecule has 1 aliphatic heterocycles. The Bertz CT molecular complexity index is 1250. The molecule has 0 saturated carbocycles. The summed E-state index contributed by atoms with van der Waals surface area (Å²) in [7, 11) is 0. The zero-order valence-electron chi connectivity index (χ0n) is 19.2. The molecular weight excluding hydrogens is 438 g/mol. The van der Waals surface area contributed by atoms with E-state index in [9.17, 15) is 4.79 Å². The number of aromatic nitrogens is 1. The number of hydrogen-bond donors (Lipinski definition) is 1. The molecule has 0 spiro atoms. The molecule has 2 heterocycles. The highest BCUT2D eigenvalue weighted by molar-refractivity contribution is 8.00. The second-order valence-electron chi connectivity index (χ2n) is 8.62. The van der Waals surface area contributed by atoms with Crippen LogP contribution in [0.25, 0.3) is 5.70 Å². The van der Waals surface area contributed by atoms with Crippen molar-refractivity contribution >= 4 is 29.1 Å². The first kappa shape index (κ1) is 22.3. The molecule has 172 valence electrons. The van der Waals surface area contributed by atoms with Crippen molar-refractivity contribution in [3.05, 3.63) is 95.7 Å². The summed E-state index contributed by atoms with van der Waals surface area (Å²) < 4.78 is 0. The molecule has 1 amide bonds. The number of allylic oxidation sites excluding steroid dienone is 1. The maximum absolute atomic E-state index is 13.4. The van der Waals surface area contributed by atoms with Crippen molar-refractivity contribution < 1.29 is 6.22 Å². The number of likely N-dealkylation sites (tertiary alicyclic amines) is 1. The van der Waals surface area contributed by atoms with Crippen LogP contribution >= 0.6 is 11.8 Å². The number of para-hydroxylation sites is 1. The highest BCUT2D eigenvalue weighted by Crippen LogP contribution is 2.38. The summed E-state index contributed by atoms with van der Waals surface area (Å²) in [6.07, 6.45) is 6.16. The highest BCUT2D eigenvalue weighted by atomic mass is 32.2. The third-order valence-electron chi connectivity index (χ3n) is 6.01. The fourth-order valence-corrected chi connectivity index (χ4v) is 5.25. The van der Waals surface area contributed by atoms with Gasteiger partial charge in [-0.3, -0.25) is 4.79 Å². The van der Waals surface area contributed by atoms with Crippen molar-refractivity contribution in [1.82, 2.24) is 9.88 Å². The quantitative estimate of drug-likeness (QED) is 0.317. The number of benzene rings is 2. The summed E-state index contributed by atoms with van der Waals surface area (Å²) in [6, 6.07) is 22.3. The van der Waals surface area contributed by atoms with Crippen LogP contribution in [0.5, 0.6) is 0 Å². The van der Waals surface area contributed by atoms with E-state index in [1.165, 1.54) is 0 Å². The molecule has 4 nitrogen and oxygen atoms in total. The van der Waals surface area contributed by atoms with Gasteiger partial charge in [0, 0.05) is 37.7 Å². The van der Waals surface area contributed by atoms with Crippen LogP contribution in [0.2, 0.25) is 0 Å². The van der Waals surface area contributed by atoms with Crippen molar-refractivity contribution in [2.24, 2.45) is 5.92 Å². The Balaban J connectivity index is 0.00000289. The number of nitrogens with one attached hydrogen (secondary N) is 1. The number of thioether (sulfide) groups is 1. The van der Waals surface area contributed by atoms with Crippen molar-refractivity contribution in [2.75, 3.05) is 18.4 Å². The van der Waals surface area contributed by atoms with E-state index < -0.39 is 0 Å². The Kier molecular flexibility index (Phi) is 6.69. The maximum Gasteiger partial charge on any atom is 0.240 e. The standard InChI is InChI=1S/C29H27N3OS.H2/c1-21-18-24(26(19-22-14-15-22)31-25-12-6-3-7-13-25)20-30-28(21)34-27(23-10-4-2-5-11-23)29(33)32-16-8-9-17-32;/h2-7,10-13,18-20,22,27,31H,8-9,16-17H2,1H3;1H/b26-19-;. The number of hydrogen-bond acceptors (Lipinski definition) is 4. The van der Waals surface area contributed by atoms with Crippen LogP contribution in [-0.4, -0.2) is 28.9 Å². The highest BCUT2D eigenvalue weighted by Gasteiger charge is 2.29. The molecule has 1 aliphatic carbocycles. The van der Waals surface area contributed by atoms with Gasteiger partial charge in [0.2, 0.25) is 5.91 Å². The zero-order chi connectivity index (χ0) is 23.3. The Labute approximate surface area is 207 Å². The molecule has 1 saturated heterocycles. The van der Waals surface area contributed by atoms with E-state index in [0.29, 0.717) is 0 Å². The maximum atomic E-state index is 13.4. The Morgan fingerprint density at radius 2 is 1.79 bits per heavy atom. The largest absolute Gasteiger partial charge is 0.355 e. The molecule has 1 aromatic heterocycles. The molecule has 1 N–H and O–H groups in total. The Morgan fingerprint density at radius 3 is 2.44 bits per heavy atom. The number of aryl methyl sites for hydroxylation is 1. The topological polar surface area (TPSA) is 45.2 Å². The minimum Gasteiger partial charge on any atom is -0.355 e. The van der Waals surface area contributed by atoms with E-state index in [1.807, 2.05) is 71.8 Å². The average Bonchev–Trinajstić information content (AvgIpc) is 3.52. The molecule has 2 aliphatic rings. The van der Waals surface area contributed by atoms with Gasteiger partial charge in [-0.15, -0.1) is 0 Å². The fourth-order valence-electron chi connectivity index (χ4n) is 4.12. The summed E-state index contributed by atoms with van der Waals surface area (Å²) in [4.78, 5) is 20.2. The fraction of sp³-hybridized carbons (Fsp3) is 0.241. The summed E-state index contributed by atoms with van der Waals surface area (Å²) in [5, 5.41) is 4.09. The number of anilines is 1. The van der Waals surface area contributed by atoms with E-state index in [0.717, 1.165) is 59.0 Å². The molecule has 0 radical (unpaired) electrons. The molecule has 1 atom stereocenters. The summed E-state index contributed by atoms with van der Waals surface area (Å²) >= 11 is 1.55. The van der Waals surface area contributed by atoms with Crippen LogP contribution in [0.1, 0.15) is 36.2 Å². The van der Waals surface area contributed by atoms with Crippen LogP contribution in [0.15, 0.2) is 84.0 Å². The Morgan fingerprint density at radius 1 is 1.12 bits per heavy atom. The van der Waals surface area contributed by atoms with Crippen LogP contribution in [-0.2, 0) is 4.79 Å². The van der Waals surface area contributed by atoms with Gasteiger partial charge in [0.05, 0.1) is 5.03 Å². The van der Waals surface area contributed by atoms with Crippen molar-refractivity contribution in [3.63, 3.8) is 0 Å². The van der Waals surface area contributed by atoms with E-state index in [1.54, 1.807) is 11.8 Å². The van der Waals surface area contributed by atoms with Gasteiger partial charge in [-0.05, 0) is 55.2 Å². The van der Waals surface area contributed by atoms with Crippen LogP contribution in [0, 0.1) is 24.7 Å². The smallest absolute Gasteiger partial charge is 0.240 e. The van der Waals surface area contributed by atoms with Crippen LogP contribution in [0.3, 0.4) is 0 Å². The number of amides is 1. The summed E-state index contributed by atoms with van der Waals surface area (Å²) in [6.45, 7) is 3.75. The summed E-state index contributed by atoms with van der Waals surface area (Å²) in [5.74, 6) is 6.51. The minimum atomic E-state index is -0.298. The third-order valence-corrected chi connectivity index (χ3v) is 7.37. The van der Waals surface area contributed by atoms with Gasteiger partial charge in [0.25, 0.3) is 0 Å². The zero-order valence-corrected chi connectivity index (χ0v) is 20.0. The van der Waals surface area contributed by atoms with Gasteiger partial charge in [-0.25, -0.2) is 4.98 Å². The monoisotopic (exact) mass is 467 g/mol. The number of nitrogens with zero attached hydrogens (tertiary/aromatic N) is 2. The van der Waals surface area contributed by atoms with Crippen molar-refractivity contribution in [1.29, 1.82) is 0 Å². The van der Waals surface area contributed by atoms with Gasteiger partial charge in [0.15, 0.2) is 0 Å². The number of pyridine rings is 1. The van der Waals surface area contributed by atoms with Crippen molar-refractivity contribution in [3.8, 4) is 11.8 Å². The summed E-state index contributed by atoms with van der Waals surface area (Å²) in [5.41, 5.74) is 5.07. The Hall–Kier alpha value is -3.49. The van der Waals surface area contributed by atoms with E-state index in [2.05, 4.69) is 36.2 Å². The molecule has 3 aromatic rings. The molecule has 0 bridgehead atoms. The molecular formula is C29H29N3OS. The van der Waals surface area contributed by atoms with Gasteiger partial charge >= 0.3 is 0 Å². The average molecular weight is 468 g/mol. The third kappa shape index (κ3) is 5.35. The molecule has 5 heteroatoms. The lowest BCUT2D eigenvalue weighted by Crippen LogP contribution is -2.31. The van der Waals surface area contributed by atoms with E-state index >= 15 is 0 Å². The SMILES string of the molecule is Cc1cc(/C(=C/C2C#C2)Nc2ccccc2)cnc1SC(C(=O)N1CCCC1)c1ccccc1.[HH]. The molecule has 1 fully saturated rings. The lowest BCUT2D eigenvalue weighted by molar-refractivity contribution is -0.129. The number of carbonyl (C=O) groups excluding carboxylic acids is 1. The normalized spacial score (nSPS) is 16.0. The van der Waals surface area contributed by atoms with Gasteiger partial charge in [-0.2, -0.15) is 0 Å². The molecule has 5 rings (SSSR count). The first-order valence-electron chi connectivity index (χ1n) is 11.7. The predicted octanol–water partition coefficient (Wildman–Crippen LogP) is 6.18. The molecule has 34 heavy (non-hydrogen) atoms. The second kappa shape index (κ2) is 10.2. The first-order chi connectivity index (χ1) is 16.7. The van der Waals surface area contributed by atoms with Gasteiger partial charge < -0.3 is 10.2 Å². The van der Waals surface area contributed by atoms with Crippen LogP contribution < -0.4 is 5.32 Å². The molecule has 1 unspecified atom stereocenters. The second-order valence-corrected chi connectivity index (χ2v) is 9.72. The predicted molar refractivity (Wildman–Crippen MR) is 141 cm³/mol. The van der Waals surface area contributed by atoms with Gasteiger partial charge in [0.1, 0.15) is 11.2 Å². The number of rotatable bonds is 8. The van der Waals surface area contributed by atoms with Crippen molar-refractivity contribution in [2.45, 2.75) is 30.0 Å². The van der Waals surface area contributed by atoms with E-state index in [-0.39, 0.29) is 18.5 Å².